The van der Waals surface area contributed by atoms with E-state index < -0.39 is 5.97 Å². The highest BCUT2D eigenvalue weighted by atomic mass is 16.5. The second-order valence-corrected chi connectivity index (χ2v) is 3.44. The van der Waals surface area contributed by atoms with E-state index in [1.807, 2.05) is 13.8 Å². The number of aromatic carboxylic acids is 1. The highest BCUT2D eigenvalue weighted by molar-refractivity contribution is 5.88. The van der Waals surface area contributed by atoms with Crippen LogP contribution in [0.25, 0.3) is 0 Å². The third-order valence-corrected chi connectivity index (χ3v) is 2.10. The Bertz CT molecular complexity index is 363. The van der Waals surface area contributed by atoms with Gasteiger partial charge in [-0.3, -0.25) is 0 Å². The van der Waals surface area contributed by atoms with Crippen molar-refractivity contribution in [1.82, 2.24) is 4.98 Å². The van der Waals surface area contributed by atoms with E-state index in [1.54, 1.807) is 19.1 Å². The van der Waals surface area contributed by atoms with Crippen molar-refractivity contribution in [2.75, 3.05) is 0 Å². The lowest BCUT2D eigenvalue weighted by Gasteiger charge is -2.14. The van der Waals surface area contributed by atoms with Gasteiger partial charge in [-0.15, -0.1) is 0 Å². The number of carbonyl (C=O) groups is 1. The van der Waals surface area contributed by atoms with Crippen LogP contribution >= 0.6 is 0 Å². The number of carboxylic acids is 1. The molecule has 0 amide bonds. The number of hydrogen-bond acceptors (Lipinski definition) is 3. The first-order chi connectivity index (χ1) is 7.04. The normalized spacial score (nSPS) is 12.2. The number of pyridine rings is 1. The standard InChI is InChI=1S/C11H15NO3/c1-4-8(3)15-9-6-5-7(2)12-10(9)11(13)14/h5-6,8H,4H2,1-3H3,(H,13,14). The molecule has 0 saturated heterocycles. The minimum Gasteiger partial charge on any atom is -0.488 e. The summed E-state index contributed by atoms with van der Waals surface area (Å²) in [4.78, 5) is 14.8. The zero-order valence-corrected chi connectivity index (χ0v) is 9.15. The molecule has 1 rings (SSSR count). The van der Waals surface area contributed by atoms with Crippen molar-refractivity contribution in [2.24, 2.45) is 0 Å². The molecule has 0 fully saturated rings. The highest BCUT2D eigenvalue weighted by Gasteiger charge is 2.14. The van der Waals surface area contributed by atoms with Gasteiger partial charge in [-0.25, -0.2) is 9.78 Å². The molecular weight excluding hydrogens is 194 g/mol. The van der Waals surface area contributed by atoms with Crippen molar-refractivity contribution < 1.29 is 14.6 Å². The van der Waals surface area contributed by atoms with Gasteiger partial charge in [-0.1, -0.05) is 6.92 Å². The molecule has 0 bridgehead atoms. The van der Waals surface area contributed by atoms with Crippen molar-refractivity contribution >= 4 is 5.97 Å². The van der Waals surface area contributed by atoms with Crippen molar-refractivity contribution in [1.29, 1.82) is 0 Å². The average molecular weight is 209 g/mol. The monoisotopic (exact) mass is 209 g/mol. The minimum atomic E-state index is -1.06. The predicted molar refractivity (Wildman–Crippen MR) is 56.3 cm³/mol. The SMILES string of the molecule is CCC(C)Oc1ccc(C)nc1C(=O)O. The van der Waals surface area contributed by atoms with Gasteiger partial charge in [0.15, 0.2) is 11.4 Å². The number of carboxylic acid groups (broad SMARTS) is 1. The molecule has 1 unspecified atom stereocenters. The van der Waals surface area contributed by atoms with E-state index in [1.165, 1.54) is 0 Å². The van der Waals surface area contributed by atoms with Crippen LogP contribution in [-0.4, -0.2) is 22.2 Å². The number of aromatic nitrogens is 1. The number of aryl methyl sites for hydroxylation is 1. The van der Waals surface area contributed by atoms with Gasteiger partial charge in [0, 0.05) is 5.69 Å². The fourth-order valence-electron chi connectivity index (χ4n) is 1.09. The van der Waals surface area contributed by atoms with E-state index in [4.69, 9.17) is 9.84 Å². The maximum absolute atomic E-state index is 10.9. The third-order valence-electron chi connectivity index (χ3n) is 2.10. The zero-order valence-electron chi connectivity index (χ0n) is 9.15. The fraction of sp³-hybridized carbons (Fsp3) is 0.455. The highest BCUT2D eigenvalue weighted by Crippen LogP contribution is 2.19. The Morgan fingerprint density at radius 2 is 2.27 bits per heavy atom. The maximum atomic E-state index is 10.9. The van der Waals surface area contributed by atoms with E-state index in [0.717, 1.165) is 6.42 Å². The van der Waals surface area contributed by atoms with Crippen LogP contribution < -0.4 is 4.74 Å². The van der Waals surface area contributed by atoms with E-state index >= 15 is 0 Å². The molecule has 15 heavy (non-hydrogen) atoms. The van der Waals surface area contributed by atoms with Gasteiger partial charge in [0.05, 0.1) is 6.10 Å². The Morgan fingerprint density at radius 1 is 1.60 bits per heavy atom. The summed E-state index contributed by atoms with van der Waals surface area (Å²) in [5, 5.41) is 8.93. The Kier molecular flexibility index (Phi) is 3.66. The van der Waals surface area contributed by atoms with Gasteiger partial charge >= 0.3 is 5.97 Å². The van der Waals surface area contributed by atoms with Crippen LogP contribution in [0, 0.1) is 6.92 Å². The Labute approximate surface area is 88.9 Å². The number of ether oxygens (including phenoxy) is 1. The molecule has 0 saturated carbocycles. The van der Waals surface area contributed by atoms with Gasteiger partial charge in [0.1, 0.15) is 0 Å². The molecule has 1 heterocycles. The number of nitrogens with zero attached hydrogens (tertiary/aromatic N) is 1. The van der Waals surface area contributed by atoms with Crippen LogP contribution in [0.15, 0.2) is 12.1 Å². The van der Waals surface area contributed by atoms with Crippen molar-refractivity contribution in [2.45, 2.75) is 33.3 Å². The van der Waals surface area contributed by atoms with Crippen molar-refractivity contribution in [3.8, 4) is 5.75 Å². The summed E-state index contributed by atoms with van der Waals surface area (Å²) in [5.41, 5.74) is 0.652. The molecule has 4 nitrogen and oxygen atoms in total. The van der Waals surface area contributed by atoms with E-state index in [2.05, 4.69) is 4.98 Å². The molecule has 1 atom stereocenters. The summed E-state index contributed by atoms with van der Waals surface area (Å²) in [6, 6.07) is 3.39. The van der Waals surface area contributed by atoms with Crippen molar-refractivity contribution in [3.63, 3.8) is 0 Å². The van der Waals surface area contributed by atoms with Crippen LogP contribution in [0.2, 0.25) is 0 Å². The summed E-state index contributed by atoms with van der Waals surface area (Å²) in [7, 11) is 0. The summed E-state index contributed by atoms with van der Waals surface area (Å²) in [6.07, 6.45) is 0.819. The summed E-state index contributed by atoms with van der Waals surface area (Å²) < 4.78 is 5.47. The average Bonchev–Trinajstić information content (AvgIpc) is 2.20. The van der Waals surface area contributed by atoms with Gasteiger partial charge in [-0.05, 0) is 32.4 Å². The molecule has 1 aromatic rings. The van der Waals surface area contributed by atoms with Gasteiger partial charge in [0.2, 0.25) is 0 Å². The largest absolute Gasteiger partial charge is 0.488 e. The van der Waals surface area contributed by atoms with Gasteiger partial charge in [-0.2, -0.15) is 0 Å². The lowest BCUT2D eigenvalue weighted by molar-refractivity contribution is 0.0682. The summed E-state index contributed by atoms with van der Waals surface area (Å²) >= 11 is 0. The Balaban J connectivity index is 3.01. The number of rotatable bonds is 4. The first kappa shape index (κ1) is 11.5. The van der Waals surface area contributed by atoms with Crippen LogP contribution in [0.1, 0.15) is 36.5 Å². The quantitative estimate of drug-likeness (QED) is 0.826. The van der Waals surface area contributed by atoms with Crippen molar-refractivity contribution in [3.05, 3.63) is 23.5 Å². The molecule has 0 radical (unpaired) electrons. The predicted octanol–water partition coefficient (Wildman–Crippen LogP) is 2.27. The first-order valence-electron chi connectivity index (χ1n) is 4.92. The molecule has 1 aromatic heterocycles. The van der Waals surface area contributed by atoms with Crippen LogP contribution in [0.4, 0.5) is 0 Å². The number of hydrogen-bond donors (Lipinski definition) is 1. The zero-order chi connectivity index (χ0) is 11.4. The molecule has 0 spiro atoms. The smallest absolute Gasteiger partial charge is 0.358 e. The Morgan fingerprint density at radius 3 is 2.80 bits per heavy atom. The molecular formula is C11H15NO3. The second-order valence-electron chi connectivity index (χ2n) is 3.44. The molecule has 0 aromatic carbocycles. The fourth-order valence-corrected chi connectivity index (χ4v) is 1.09. The van der Waals surface area contributed by atoms with E-state index in [9.17, 15) is 4.79 Å². The molecule has 82 valence electrons. The Hall–Kier alpha value is -1.58. The first-order valence-corrected chi connectivity index (χ1v) is 4.92. The maximum Gasteiger partial charge on any atom is 0.358 e. The van der Waals surface area contributed by atoms with Crippen LogP contribution in [0.5, 0.6) is 5.75 Å². The molecule has 0 aliphatic rings. The van der Waals surface area contributed by atoms with Crippen LogP contribution in [-0.2, 0) is 0 Å². The molecule has 4 heteroatoms. The minimum absolute atomic E-state index is 0.00685. The molecule has 0 aliphatic carbocycles. The second kappa shape index (κ2) is 4.77. The van der Waals surface area contributed by atoms with E-state index in [0.29, 0.717) is 11.4 Å². The summed E-state index contributed by atoms with van der Waals surface area (Å²) in [5.74, 6) is -0.723. The molecule has 0 aliphatic heterocycles. The molecule has 1 N–H and O–H groups in total. The van der Waals surface area contributed by atoms with Gasteiger partial charge in [0.25, 0.3) is 0 Å². The van der Waals surface area contributed by atoms with Crippen LogP contribution in [0.3, 0.4) is 0 Å². The van der Waals surface area contributed by atoms with E-state index in [-0.39, 0.29) is 11.8 Å². The van der Waals surface area contributed by atoms with Gasteiger partial charge < -0.3 is 9.84 Å². The third kappa shape index (κ3) is 2.94. The topological polar surface area (TPSA) is 59.4 Å². The lowest BCUT2D eigenvalue weighted by Crippen LogP contribution is -2.14. The lowest BCUT2D eigenvalue weighted by atomic mass is 10.2. The summed E-state index contributed by atoms with van der Waals surface area (Å²) in [6.45, 7) is 5.62.